The predicted molar refractivity (Wildman–Crippen MR) is 90.5 cm³/mol. The Morgan fingerprint density at radius 3 is 3.17 bits per heavy atom. The lowest BCUT2D eigenvalue weighted by Gasteiger charge is -2.24. The minimum Gasteiger partial charge on any atom is -0.461 e. The zero-order valence-corrected chi connectivity index (χ0v) is 14.2. The first-order valence-electron chi connectivity index (χ1n) is 8.28. The minimum absolute atomic E-state index is 0.432. The highest BCUT2D eigenvalue weighted by Gasteiger charge is 2.19. The van der Waals surface area contributed by atoms with Gasteiger partial charge in [0.05, 0.1) is 12.9 Å². The van der Waals surface area contributed by atoms with Crippen molar-refractivity contribution in [2.75, 3.05) is 33.4 Å². The van der Waals surface area contributed by atoms with E-state index in [9.17, 15) is 0 Å². The molecule has 1 unspecified atom stereocenters. The summed E-state index contributed by atoms with van der Waals surface area (Å²) in [6, 6.07) is 3.65. The van der Waals surface area contributed by atoms with Gasteiger partial charge in [-0.1, -0.05) is 0 Å². The molecule has 3 rings (SSSR count). The van der Waals surface area contributed by atoms with Crippen LogP contribution < -0.4 is 5.32 Å². The Morgan fingerprint density at radius 2 is 2.46 bits per heavy atom. The topological polar surface area (TPSA) is 91.6 Å². The Bertz CT molecular complexity index is 645. The van der Waals surface area contributed by atoms with Gasteiger partial charge in [-0.25, -0.2) is 9.98 Å². The number of nitrogens with one attached hydrogen (secondary N) is 2. The molecule has 1 atom stereocenters. The van der Waals surface area contributed by atoms with Crippen LogP contribution in [0.5, 0.6) is 0 Å². The molecule has 2 aromatic rings. The summed E-state index contributed by atoms with van der Waals surface area (Å²) in [6.07, 6.45) is 2.72. The van der Waals surface area contributed by atoms with Gasteiger partial charge in [0, 0.05) is 32.7 Å². The van der Waals surface area contributed by atoms with Gasteiger partial charge in [-0.15, -0.1) is 5.10 Å². The molecule has 0 saturated carbocycles. The molecule has 0 bridgehead atoms. The van der Waals surface area contributed by atoms with Crippen molar-refractivity contribution in [2.45, 2.75) is 19.9 Å². The van der Waals surface area contributed by atoms with Crippen LogP contribution in [0.25, 0.3) is 11.6 Å². The third-order valence-electron chi connectivity index (χ3n) is 3.90. The van der Waals surface area contributed by atoms with E-state index < -0.39 is 0 Å². The van der Waals surface area contributed by atoms with Crippen LogP contribution in [0.4, 0.5) is 0 Å². The van der Waals surface area contributed by atoms with E-state index in [1.165, 1.54) is 0 Å². The van der Waals surface area contributed by atoms with Crippen LogP contribution in [-0.2, 0) is 11.3 Å². The molecule has 1 fully saturated rings. The lowest BCUT2D eigenvalue weighted by Crippen LogP contribution is -2.41. The molecule has 0 spiro atoms. The van der Waals surface area contributed by atoms with Crippen LogP contribution in [0.2, 0.25) is 0 Å². The Labute approximate surface area is 141 Å². The van der Waals surface area contributed by atoms with Gasteiger partial charge in [0.15, 0.2) is 11.7 Å². The molecule has 1 saturated heterocycles. The highest BCUT2D eigenvalue weighted by molar-refractivity contribution is 5.79. The van der Waals surface area contributed by atoms with Crippen LogP contribution in [0.15, 0.2) is 27.8 Å². The average Bonchev–Trinajstić information content (AvgIpc) is 3.32. The van der Waals surface area contributed by atoms with Crippen molar-refractivity contribution >= 4 is 5.96 Å². The molecule has 2 N–H and O–H groups in total. The molecular weight excluding hydrogens is 308 g/mol. The maximum absolute atomic E-state index is 5.45. The number of H-pyrrole nitrogens is 1. The lowest BCUT2D eigenvalue weighted by molar-refractivity contribution is 0.181. The molecular formula is C16H24N6O2. The molecule has 2 aromatic heterocycles. The molecule has 0 aliphatic carbocycles. The molecule has 1 aliphatic rings. The molecule has 8 heteroatoms. The molecule has 8 nitrogen and oxygen atoms in total. The normalized spacial score (nSPS) is 18.1. The van der Waals surface area contributed by atoms with Gasteiger partial charge in [-0.05, 0) is 25.5 Å². The van der Waals surface area contributed by atoms with Crippen LogP contribution >= 0.6 is 0 Å². The summed E-state index contributed by atoms with van der Waals surface area (Å²) in [5.41, 5.74) is 0. The molecule has 130 valence electrons. The summed E-state index contributed by atoms with van der Waals surface area (Å²) in [4.78, 5) is 11.2. The third-order valence-corrected chi connectivity index (χ3v) is 3.90. The summed E-state index contributed by atoms with van der Waals surface area (Å²) in [5.74, 6) is 3.32. The molecule has 0 radical (unpaired) electrons. The summed E-state index contributed by atoms with van der Waals surface area (Å²) >= 11 is 0. The molecule has 1 aliphatic heterocycles. The van der Waals surface area contributed by atoms with E-state index in [0.717, 1.165) is 38.7 Å². The first kappa shape index (κ1) is 16.5. The van der Waals surface area contributed by atoms with Crippen molar-refractivity contribution < 1.29 is 9.15 Å². The van der Waals surface area contributed by atoms with Crippen LogP contribution in [0.1, 0.15) is 19.2 Å². The Morgan fingerprint density at radius 1 is 1.54 bits per heavy atom. The number of furan rings is 1. The minimum atomic E-state index is 0.432. The molecule has 0 aromatic carbocycles. The van der Waals surface area contributed by atoms with Crippen molar-refractivity contribution in [1.29, 1.82) is 0 Å². The van der Waals surface area contributed by atoms with E-state index in [0.29, 0.717) is 29.9 Å². The first-order chi connectivity index (χ1) is 11.8. The second-order valence-electron chi connectivity index (χ2n) is 5.86. The van der Waals surface area contributed by atoms with E-state index in [2.05, 4.69) is 44.4 Å². The third kappa shape index (κ3) is 4.14. The van der Waals surface area contributed by atoms with Crippen molar-refractivity contribution in [2.24, 2.45) is 10.9 Å². The number of guanidine groups is 1. The van der Waals surface area contributed by atoms with Crippen molar-refractivity contribution in [3.63, 3.8) is 0 Å². The number of hydrogen-bond donors (Lipinski definition) is 2. The number of hydrogen-bond acceptors (Lipinski definition) is 5. The number of rotatable bonds is 6. The Hall–Kier alpha value is -2.35. The highest BCUT2D eigenvalue weighted by Crippen LogP contribution is 2.15. The van der Waals surface area contributed by atoms with Gasteiger partial charge >= 0.3 is 0 Å². The van der Waals surface area contributed by atoms with Gasteiger partial charge in [-0.2, -0.15) is 0 Å². The van der Waals surface area contributed by atoms with E-state index in [4.69, 9.17) is 9.15 Å². The van der Waals surface area contributed by atoms with Gasteiger partial charge in [0.2, 0.25) is 5.82 Å². The largest absolute Gasteiger partial charge is 0.461 e. The van der Waals surface area contributed by atoms with E-state index in [1.54, 1.807) is 6.26 Å². The van der Waals surface area contributed by atoms with Gasteiger partial charge in [-0.3, -0.25) is 5.10 Å². The van der Waals surface area contributed by atoms with Gasteiger partial charge < -0.3 is 19.4 Å². The predicted octanol–water partition coefficient (Wildman–Crippen LogP) is 1.50. The quantitative estimate of drug-likeness (QED) is 0.615. The number of aliphatic imine (C=N–C) groups is 1. The standard InChI is InChI=1S/C16H24N6O2/c1-3-17-16(22(2)10-12-6-8-23-11-12)18-9-14-19-15(21-20-14)13-5-4-7-24-13/h4-5,7,12H,3,6,8-11H2,1-2H3,(H,17,18)(H,19,20,21). The zero-order valence-electron chi connectivity index (χ0n) is 14.2. The average molecular weight is 332 g/mol. The van der Waals surface area contributed by atoms with Gasteiger partial charge in [0.1, 0.15) is 12.4 Å². The lowest BCUT2D eigenvalue weighted by atomic mass is 10.1. The zero-order chi connectivity index (χ0) is 16.8. The number of aromatic amines is 1. The fourth-order valence-corrected chi connectivity index (χ4v) is 2.70. The second-order valence-corrected chi connectivity index (χ2v) is 5.86. The maximum Gasteiger partial charge on any atom is 0.216 e. The van der Waals surface area contributed by atoms with Crippen LogP contribution in [-0.4, -0.2) is 59.4 Å². The summed E-state index contributed by atoms with van der Waals surface area (Å²) in [6.45, 7) is 5.93. The van der Waals surface area contributed by atoms with E-state index >= 15 is 0 Å². The van der Waals surface area contributed by atoms with Crippen LogP contribution in [0.3, 0.4) is 0 Å². The molecule has 0 amide bonds. The van der Waals surface area contributed by atoms with Crippen molar-refractivity contribution in [1.82, 2.24) is 25.4 Å². The SMILES string of the molecule is CCNC(=NCc1nc(-c2ccco2)n[nH]1)N(C)CC1CCOC1. The summed E-state index contributed by atoms with van der Waals surface area (Å²) in [7, 11) is 2.05. The number of ether oxygens (including phenoxy) is 1. The van der Waals surface area contributed by atoms with Gasteiger partial charge in [0.25, 0.3) is 0 Å². The Kier molecular flexibility index (Phi) is 5.47. The highest BCUT2D eigenvalue weighted by atomic mass is 16.5. The monoisotopic (exact) mass is 332 g/mol. The van der Waals surface area contributed by atoms with E-state index in [1.807, 2.05) is 12.1 Å². The summed E-state index contributed by atoms with van der Waals surface area (Å²) in [5, 5.41) is 10.4. The van der Waals surface area contributed by atoms with Crippen molar-refractivity contribution in [3.05, 3.63) is 24.2 Å². The van der Waals surface area contributed by atoms with Crippen molar-refractivity contribution in [3.8, 4) is 11.6 Å². The van der Waals surface area contributed by atoms with E-state index in [-0.39, 0.29) is 0 Å². The maximum atomic E-state index is 5.45. The number of nitrogens with zero attached hydrogens (tertiary/aromatic N) is 4. The second kappa shape index (κ2) is 7.96. The first-order valence-corrected chi connectivity index (χ1v) is 8.28. The smallest absolute Gasteiger partial charge is 0.216 e. The van der Waals surface area contributed by atoms with Crippen LogP contribution in [0, 0.1) is 5.92 Å². The Balaban J connectivity index is 1.62. The fourth-order valence-electron chi connectivity index (χ4n) is 2.70. The molecule has 24 heavy (non-hydrogen) atoms. The number of aromatic nitrogens is 3. The molecule has 3 heterocycles. The summed E-state index contributed by atoms with van der Waals surface area (Å²) < 4.78 is 10.7. The fraction of sp³-hybridized carbons (Fsp3) is 0.562.